The van der Waals surface area contributed by atoms with Gasteiger partial charge in [-0.15, -0.1) is 6.58 Å². The molecule has 0 aliphatic heterocycles. The molecule has 0 bridgehead atoms. The molecule has 170 valence electrons. The van der Waals surface area contributed by atoms with Crippen molar-refractivity contribution in [3.8, 4) is 0 Å². The van der Waals surface area contributed by atoms with E-state index in [2.05, 4.69) is 13.2 Å². The van der Waals surface area contributed by atoms with Crippen LogP contribution in [0.5, 0.6) is 0 Å². The van der Waals surface area contributed by atoms with Gasteiger partial charge in [-0.3, -0.25) is 4.79 Å². The smallest absolute Gasteiger partial charge is 0.330 e. The molecular weight excluding hydrogens is 396 g/mol. The topological polar surface area (TPSA) is 107 Å². The van der Waals surface area contributed by atoms with Gasteiger partial charge < -0.3 is 28.4 Å². The van der Waals surface area contributed by atoms with E-state index in [0.717, 1.165) is 6.08 Å². The second-order valence-corrected chi connectivity index (χ2v) is 6.10. The van der Waals surface area contributed by atoms with E-state index in [1.54, 1.807) is 27.0 Å². The summed E-state index contributed by atoms with van der Waals surface area (Å²) in [5, 5.41) is 0. The van der Waals surface area contributed by atoms with Crippen LogP contribution < -0.4 is 0 Å². The summed E-state index contributed by atoms with van der Waals surface area (Å²) in [4.78, 5) is 35.0. The normalized spacial score (nSPS) is 13.8. The fourth-order valence-corrected chi connectivity index (χ4v) is 1.99. The molecule has 0 fully saturated rings. The molecule has 0 aromatic carbocycles. The predicted octanol–water partition coefficient (Wildman–Crippen LogP) is 2.11. The molecule has 0 N–H and O–H groups in total. The lowest BCUT2D eigenvalue weighted by Crippen LogP contribution is -2.32. The van der Waals surface area contributed by atoms with Crippen molar-refractivity contribution in [1.29, 1.82) is 0 Å². The van der Waals surface area contributed by atoms with Crippen molar-refractivity contribution in [3.05, 3.63) is 37.5 Å². The molecule has 0 amide bonds. The minimum Gasteiger partial charge on any atom is -0.462 e. The summed E-state index contributed by atoms with van der Waals surface area (Å²) in [6.07, 6.45) is 3.46. The number of carbonyl (C=O) groups is 3. The number of hydrogen-bond donors (Lipinski definition) is 0. The second-order valence-electron chi connectivity index (χ2n) is 6.10. The Morgan fingerprint density at radius 3 is 2.37 bits per heavy atom. The Kier molecular flexibility index (Phi) is 15.9. The molecule has 0 rings (SSSR count). The Labute approximate surface area is 177 Å². The van der Waals surface area contributed by atoms with Crippen molar-refractivity contribution >= 4 is 17.9 Å². The molecule has 0 heterocycles. The van der Waals surface area contributed by atoms with Crippen LogP contribution in [-0.2, 0) is 42.8 Å². The third-order valence-corrected chi connectivity index (χ3v) is 3.48. The first kappa shape index (κ1) is 27.5. The summed E-state index contributed by atoms with van der Waals surface area (Å²) < 4.78 is 30.9. The number of rotatable bonds is 17. The van der Waals surface area contributed by atoms with Crippen LogP contribution in [0.2, 0.25) is 0 Å². The lowest BCUT2D eigenvalue weighted by Gasteiger charge is -2.22. The van der Waals surface area contributed by atoms with E-state index in [-0.39, 0.29) is 19.8 Å². The molecule has 9 heteroatoms. The Hall–Kier alpha value is -2.49. The summed E-state index contributed by atoms with van der Waals surface area (Å²) in [5.41, 5.74) is 0. The Bertz CT molecular complexity index is 571. The van der Waals surface area contributed by atoms with E-state index in [0.29, 0.717) is 19.6 Å². The number of methoxy groups -OCH3 is 1. The van der Waals surface area contributed by atoms with Crippen LogP contribution in [0.4, 0.5) is 0 Å². The monoisotopic (exact) mass is 428 g/mol. The molecule has 0 saturated carbocycles. The summed E-state index contributed by atoms with van der Waals surface area (Å²) in [5.74, 6) is -1.78. The average Bonchev–Trinajstić information content (AvgIpc) is 2.69. The molecule has 0 aromatic rings. The van der Waals surface area contributed by atoms with Gasteiger partial charge in [0.15, 0.2) is 0 Å². The average molecular weight is 428 g/mol. The minimum atomic E-state index is -0.769. The third-order valence-electron chi connectivity index (χ3n) is 3.48. The van der Waals surface area contributed by atoms with Crippen LogP contribution in [0, 0.1) is 0 Å². The maximum absolute atomic E-state index is 12.1. The summed E-state index contributed by atoms with van der Waals surface area (Å²) in [7, 11) is 1.54. The Morgan fingerprint density at radius 2 is 1.73 bits per heavy atom. The minimum absolute atomic E-state index is 0.0981. The van der Waals surface area contributed by atoms with Crippen LogP contribution in [0.1, 0.15) is 26.7 Å². The quantitative estimate of drug-likeness (QED) is 0.0859. The first-order chi connectivity index (χ1) is 14.3. The Balaban J connectivity index is 4.77. The molecule has 0 unspecified atom stereocenters. The number of hydrogen-bond acceptors (Lipinski definition) is 9. The number of esters is 3. The van der Waals surface area contributed by atoms with Gasteiger partial charge in [-0.05, 0) is 26.3 Å². The van der Waals surface area contributed by atoms with E-state index in [9.17, 15) is 14.4 Å². The summed E-state index contributed by atoms with van der Waals surface area (Å²) in [6, 6.07) is 0. The lowest BCUT2D eigenvalue weighted by molar-refractivity contribution is -0.164. The van der Waals surface area contributed by atoms with Crippen LogP contribution in [0.3, 0.4) is 0 Å². The summed E-state index contributed by atoms with van der Waals surface area (Å²) in [6.45, 7) is 10.8. The van der Waals surface area contributed by atoms with Gasteiger partial charge in [0.1, 0.15) is 25.1 Å². The highest BCUT2D eigenvalue weighted by molar-refractivity contribution is 5.82. The zero-order chi connectivity index (χ0) is 22.8. The highest BCUT2D eigenvalue weighted by Crippen LogP contribution is 2.10. The molecule has 0 aliphatic rings. The van der Waals surface area contributed by atoms with Crippen molar-refractivity contribution in [1.82, 2.24) is 0 Å². The number of carbonyl (C=O) groups excluding carboxylic acids is 3. The highest BCUT2D eigenvalue weighted by atomic mass is 16.7. The van der Waals surface area contributed by atoms with Crippen LogP contribution in [0.25, 0.3) is 0 Å². The molecule has 9 nitrogen and oxygen atoms in total. The molecule has 3 atom stereocenters. The van der Waals surface area contributed by atoms with Crippen LogP contribution in [0.15, 0.2) is 37.5 Å². The summed E-state index contributed by atoms with van der Waals surface area (Å²) >= 11 is 0. The van der Waals surface area contributed by atoms with E-state index in [1.165, 1.54) is 12.2 Å². The first-order valence-corrected chi connectivity index (χ1v) is 9.50. The largest absolute Gasteiger partial charge is 0.462 e. The maximum Gasteiger partial charge on any atom is 0.330 e. The van der Waals surface area contributed by atoms with E-state index in [1.807, 2.05) is 0 Å². The van der Waals surface area contributed by atoms with Gasteiger partial charge in [-0.2, -0.15) is 0 Å². The lowest BCUT2D eigenvalue weighted by atomic mass is 10.2. The van der Waals surface area contributed by atoms with E-state index >= 15 is 0 Å². The van der Waals surface area contributed by atoms with Crippen molar-refractivity contribution in [3.63, 3.8) is 0 Å². The molecule has 0 saturated heterocycles. The third kappa shape index (κ3) is 14.5. The predicted molar refractivity (Wildman–Crippen MR) is 108 cm³/mol. The zero-order valence-corrected chi connectivity index (χ0v) is 17.9. The van der Waals surface area contributed by atoms with Gasteiger partial charge in [0.05, 0.1) is 26.2 Å². The van der Waals surface area contributed by atoms with Gasteiger partial charge in [0.2, 0.25) is 0 Å². The maximum atomic E-state index is 12.1. The van der Waals surface area contributed by atoms with E-state index < -0.39 is 36.2 Å². The van der Waals surface area contributed by atoms with Crippen molar-refractivity contribution < 1.29 is 42.8 Å². The second kappa shape index (κ2) is 17.4. The standard InChI is InChI=1S/C21H32O9/c1-6-8-11-27-20(23)10-9-18(28-15-26-13-12-25-5)17(4)30-21(24)14-16(3)29-19(22)7-2/h6-7,9-10,16-18H,1-2,8,11-15H2,3-5H3/b10-9+/t16-,17+,18-/m1/s1. The van der Waals surface area contributed by atoms with Gasteiger partial charge in [0, 0.05) is 19.3 Å². The molecule has 0 spiro atoms. The van der Waals surface area contributed by atoms with Crippen LogP contribution in [-0.4, -0.2) is 69.9 Å². The van der Waals surface area contributed by atoms with Gasteiger partial charge in [-0.25, -0.2) is 9.59 Å². The van der Waals surface area contributed by atoms with E-state index in [4.69, 9.17) is 28.4 Å². The molecule has 0 radical (unpaired) electrons. The molecule has 0 aromatic heterocycles. The molecular formula is C21H32O9. The van der Waals surface area contributed by atoms with Crippen molar-refractivity contribution in [2.75, 3.05) is 33.7 Å². The SMILES string of the molecule is C=CCCOC(=O)/C=C/[C@@H](OCOCCOC)[C@H](C)OC(=O)C[C@@H](C)OC(=O)C=C. The van der Waals surface area contributed by atoms with Crippen molar-refractivity contribution in [2.45, 2.75) is 45.0 Å². The Morgan fingerprint density at radius 1 is 1.00 bits per heavy atom. The molecule has 30 heavy (non-hydrogen) atoms. The zero-order valence-electron chi connectivity index (χ0n) is 17.9. The fourth-order valence-electron chi connectivity index (χ4n) is 1.99. The van der Waals surface area contributed by atoms with Gasteiger partial charge in [-0.1, -0.05) is 12.7 Å². The van der Waals surface area contributed by atoms with Gasteiger partial charge >= 0.3 is 17.9 Å². The fraction of sp³-hybridized carbons (Fsp3) is 0.571. The van der Waals surface area contributed by atoms with Crippen LogP contribution >= 0.6 is 0 Å². The van der Waals surface area contributed by atoms with Gasteiger partial charge in [0.25, 0.3) is 0 Å². The number of ether oxygens (including phenoxy) is 6. The molecule has 0 aliphatic carbocycles. The highest BCUT2D eigenvalue weighted by Gasteiger charge is 2.22. The van der Waals surface area contributed by atoms with Crippen molar-refractivity contribution in [2.24, 2.45) is 0 Å². The first-order valence-electron chi connectivity index (χ1n) is 9.50.